The topological polar surface area (TPSA) is 61.4 Å². The van der Waals surface area contributed by atoms with E-state index in [9.17, 15) is 4.79 Å². The first-order valence-electron chi connectivity index (χ1n) is 12.7. The third-order valence-electron chi connectivity index (χ3n) is 7.04. The Balaban J connectivity index is 1.32. The number of urea groups is 1. The quantitative estimate of drug-likeness (QED) is 0.353. The summed E-state index contributed by atoms with van der Waals surface area (Å²) in [6, 6.07) is 18.5. The number of amides is 2. The predicted octanol–water partition coefficient (Wildman–Crippen LogP) is 6.01. The third-order valence-corrected chi connectivity index (χ3v) is 8.14. The molecule has 2 aromatic carbocycles. The summed E-state index contributed by atoms with van der Waals surface area (Å²) < 4.78 is 0. The van der Waals surface area contributed by atoms with Crippen molar-refractivity contribution >= 4 is 39.1 Å². The Kier molecular flexibility index (Phi) is 7.18. The van der Waals surface area contributed by atoms with Gasteiger partial charge in [-0.15, -0.1) is 11.3 Å². The molecule has 0 radical (unpaired) electrons. The molecule has 5 rings (SSSR count). The molecule has 0 aliphatic carbocycles. The van der Waals surface area contributed by atoms with Crippen molar-refractivity contribution in [3.8, 4) is 0 Å². The van der Waals surface area contributed by atoms with Crippen LogP contribution in [0.25, 0.3) is 10.2 Å². The second-order valence-corrected chi connectivity index (χ2v) is 10.5. The molecule has 6 nitrogen and oxygen atoms in total. The minimum Gasteiger partial charge on any atom is -0.352 e. The Morgan fingerprint density at radius 3 is 2.42 bits per heavy atom. The summed E-state index contributed by atoms with van der Waals surface area (Å²) in [5.74, 6) is 1.90. The average molecular weight is 500 g/mol. The normalized spacial score (nSPS) is 13.9. The summed E-state index contributed by atoms with van der Waals surface area (Å²) in [4.78, 5) is 29.6. The third kappa shape index (κ3) is 5.07. The molecular weight excluding hydrogens is 466 g/mol. The van der Waals surface area contributed by atoms with Crippen LogP contribution in [-0.2, 0) is 19.3 Å². The maximum atomic E-state index is 13.0. The molecule has 1 saturated heterocycles. The van der Waals surface area contributed by atoms with E-state index in [1.54, 1.807) is 11.3 Å². The molecule has 3 heterocycles. The van der Waals surface area contributed by atoms with Gasteiger partial charge in [0.05, 0.1) is 5.39 Å². The van der Waals surface area contributed by atoms with E-state index in [1.807, 2.05) is 29.2 Å². The van der Waals surface area contributed by atoms with Gasteiger partial charge >= 0.3 is 6.03 Å². The van der Waals surface area contributed by atoms with Crippen molar-refractivity contribution in [3.05, 3.63) is 82.0 Å². The first kappa shape index (κ1) is 24.3. The highest BCUT2D eigenvalue weighted by Gasteiger charge is 2.25. The zero-order valence-corrected chi connectivity index (χ0v) is 22.1. The van der Waals surface area contributed by atoms with Crippen molar-refractivity contribution in [1.29, 1.82) is 0 Å². The van der Waals surface area contributed by atoms with Crippen molar-refractivity contribution in [2.45, 2.75) is 40.0 Å². The molecule has 0 spiro atoms. The second-order valence-electron chi connectivity index (χ2n) is 9.33. The maximum absolute atomic E-state index is 13.0. The van der Waals surface area contributed by atoms with E-state index < -0.39 is 0 Å². The molecule has 7 heteroatoms. The van der Waals surface area contributed by atoms with Gasteiger partial charge in [0.2, 0.25) is 0 Å². The van der Waals surface area contributed by atoms with Gasteiger partial charge in [0.1, 0.15) is 16.5 Å². The Morgan fingerprint density at radius 2 is 1.67 bits per heavy atom. The summed E-state index contributed by atoms with van der Waals surface area (Å²) in [7, 11) is 0. The molecule has 2 aromatic heterocycles. The van der Waals surface area contributed by atoms with Crippen LogP contribution in [0.15, 0.2) is 54.6 Å². The lowest BCUT2D eigenvalue weighted by Gasteiger charge is -2.36. The van der Waals surface area contributed by atoms with Crippen LogP contribution in [0.1, 0.15) is 34.3 Å². The molecule has 1 aliphatic rings. The fraction of sp³-hybridized carbons (Fsp3) is 0.345. The summed E-state index contributed by atoms with van der Waals surface area (Å²) in [5.41, 5.74) is 4.61. The Hall–Kier alpha value is -3.45. The molecule has 0 atom stereocenters. The number of nitrogens with one attached hydrogen (secondary N) is 1. The number of piperazine rings is 1. The van der Waals surface area contributed by atoms with Crippen LogP contribution >= 0.6 is 11.3 Å². The molecular formula is C29H33N5OS. The summed E-state index contributed by atoms with van der Waals surface area (Å²) in [6.45, 7) is 9.25. The number of carbonyl (C=O) groups excluding carboxylic acids is 1. The van der Waals surface area contributed by atoms with Crippen LogP contribution in [0.2, 0.25) is 0 Å². The molecule has 36 heavy (non-hydrogen) atoms. The van der Waals surface area contributed by atoms with Gasteiger partial charge < -0.3 is 15.1 Å². The number of hydrogen-bond acceptors (Lipinski definition) is 5. The van der Waals surface area contributed by atoms with Crippen LogP contribution < -0.4 is 10.2 Å². The minimum absolute atomic E-state index is 0.0329. The Labute approximate surface area is 217 Å². The van der Waals surface area contributed by atoms with Gasteiger partial charge in [-0.2, -0.15) is 0 Å². The molecule has 1 fully saturated rings. The van der Waals surface area contributed by atoms with Crippen molar-refractivity contribution in [1.82, 2.24) is 14.9 Å². The SMILES string of the molecule is CCc1ccccc1NC(=O)N1CCN(c2nc(CCc3ccccc3)nc3sc(C)c(C)c23)CC1. The molecule has 4 aromatic rings. The first-order chi connectivity index (χ1) is 17.5. The monoisotopic (exact) mass is 499 g/mol. The number of nitrogens with zero attached hydrogens (tertiary/aromatic N) is 4. The number of benzene rings is 2. The van der Waals surface area contributed by atoms with E-state index in [0.29, 0.717) is 13.1 Å². The van der Waals surface area contributed by atoms with E-state index in [1.165, 1.54) is 16.0 Å². The fourth-order valence-electron chi connectivity index (χ4n) is 4.78. The highest BCUT2D eigenvalue weighted by Crippen LogP contribution is 2.35. The summed E-state index contributed by atoms with van der Waals surface area (Å²) in [6.07, 6.45) is 2.62. The van der Waals surface area contributed by atoms with Crippen molar-refractivity contribution < 1.29 is 4.79 Å². The molecule has 0 unspecified atom stereocenters. The number of para-hydroxylation sites is 1. The number of anilines is 2. The maximum Gasteiger partial charge on any atom is 0.321 e. The van der Waals surface area contributed by atoms with Crippen molar-refractivity contribution in [2.75, 3.05) is 36.4 Å². The molecule has 186 valence electrons. The van der Waals surface area contributed by atoms with Gasteiger partial charge in [-0.3, -0.25) is 0 Å². The van der Waals surface area contributed by atoms with Gasteiger partial charge in [-0.1, -0.05) is 55.5 Å². The number of aromatic nitrogens is 2. The van der Waals surface area contributed by atoms with Gasteiger partial charge in [0, 0.05) is 43.2 Å². The van der Waals surface area contributed by atoms with E-state index in [4.69, 9.17) is 9.97 Å². The number of aryl methyl sites for hydroxylation is 5. The fourth-order valence-corrected chi connectivity index (χ4v) is 5.82. The second kappa shape index (κ2) is 10.7. The standard InChI is InChI=1S/C29H33N5OS/c1-4-23-12-8-9-13-24(23)30-29(35)34-18-16-33(17-19-34)27-26-20(2)21(3)36-28(26)32-25(31-27)15-14-22-10-6-5-7-11-22/h5-13H,4,14-19H2,1-3H3,(H,30,35). The molecule has 0 bridgehead atoms. The van der Waals surface area contributed by atoms with Crippen LogP contribution in [-0.4, -0.2) is 47.1 Å². The predicted molar refractivity (Wildman–Crippen MR) is 149 cm³/mol. The lowest BCUT2D eigenvalue weighted by molar-refractivity contribution is 0.208. The number of hydrogen-bond donors (Lipinski definition) is 1. The van der Waals surface area contributed by atoms with E-state index in [0.717, 1.165) is 65.5 Å². The van der Waals surface area contributed by atoms with Gasteiger partial charge in [-0.05, 0) is 49.4 Å². The number of carbonyl (C=O) groups is 1. The van der Waals surface area contributed by atoms with Crippen molar-refractivity contribution in [3.63, 3.8) is 0 Å². The number of fused-ring (bicyclic) bond motifs is 1. The largest absolute Gasteiger partial charge is 0.352 e. The highest BCUT2D eigenvalue weighted by atomic mass is 32.1. The van der Waals surface area contributed by atoms with Gasteiger partial charge in [0.25, 0.3) is 0 Å². The zero-order chi connectivity index (χ0) is 25.1. The molecule has 2 amide bonds. The van der Waals surface area contributed by atoms with Crippen LogP contribution in [0.3, 0.4) is 0 Å². The lowest BCUT2D eigenvalue weighted by atomic mass is 10.1. The first-order valence-corrected chi connectivity index (χ1v) is 13.5. The Bertz CT molecular complexity index is 1360. The van der Waals surface area contributed by atoms with Gasteiger partial charge in [0.15, 0.2) is 0 Å². The minimum atomic E-state index is -0.0329. The smallest absolute Gasteiger partial charge is 0.321 e. The van der Waals surface area contributed by atoms with Crippen LogP contribution in [0.4, 0.5) is 16.3 Å². The average Bonchev–Trinajstić information content (AvgIpc) is 3.21. The molecule has 1 N–H and O–H groups in total. The summed E-state index contributed by atoms with van der Waals surface area (Å²) >= 11 is 1.75. The zero-order valence-electron chi connectivity index (χ0n) is 21.3. The molecule has 1 aliphatic heterocycles. The van der Waals surface area contributed by atoms with Crippen molar-refractivity contribution in [2.24, 2.45) is 0 Å². The van der Waals surface area contributed by atoms with Crippen LogP contribution in [0, 0.1) is 13.8 Å². The molecule has 0 saturated carbocycles. The number of thiophene rings is 1. The highest BCUT2D eigenvalue weighted by molar-refractivity contribution is 7.18. The van der Waals surface area contributed by atoms with E-state index >= 15 is 0 Å². The van der Waals surface area contributed by atoms with Gasteiger partial charge in [-0.25, -0.2) is 14.8 Å². The van der Waals surface area contributed by atoms with Crippen LogP contribution in [0.5, 0.6) is 0 Å². The summed E-state index contributed by atoms with van der Waals surface area (Å²) in [5, 5.41) is 4.28. The Morgan fingerprint density at radius 1 is 0.944 bits per heavy atom. The number of rotatable bonds is 6. The lowest BCUT2D eigenvalue weighted by Crippen LogP contribution is -2.50. The van der Waals surface area contributed by atoms with E-state index in [-0.39, 0.29) is 6.03 Å². The van der Waals surface area contributed by atoms with E-state index in [2.05, 4.69) is 61.3 Å².